The maximum Gasteiger partial charge on any atom is 0.309 e. The van der Waals surface area contributed by atoms with Crippen LogP contribution in [0.4, 0.5) is 0 Å². The molecule has 2 rings (SSSR count). The molecule has 0 spiro atoms. The number of cyclic esters (lactones) is 1. The molecule has 6 unspecified atom stereocenters. The number of ether oxygens (including phenoxy) is 5. The van der Waals surface area contributed by atoms with Gasteiger partial charge in [-0.05, 0) is 69.4 Å². The van der Waals surface area contributed by atoms with E-state index >= 15 is 0 Å². The van der Waals surface area contributed by atoms with Crippen molar-refractivity contribution in [2.24, 2.45) is 11.8 Å². The second-order valence-electron chi connectivity index (χ2n) is 12.1. The van der Waals surface area contributed by atoms with Gasteiger partial charge in [-0.2, -0.15) is 0 Å². The summed E-state index contributed by atoms with van der Waals surface area (Å²) in [6.45, 7) is 7.83. The number of aliphatic hydroxyl groups is 1. The third kappa shape index (κ3) is 14.5. The molecule has 1 heterocycles. The first-order valence-corrected chi connectivity index (χ1v) is 16.1. The minimum absolute atomic E-state index is 0.00507. The van der Waals surface area contributed by atoms with Crippen LogP contribution in [0.2, 0.25) is 0 Å². The third-order valence-corrected chi connectivity index (χ3v) is 8.55. The number of hydrogen-bond acceptors (Lipinski definition) is 9. The molecule has 0 bridgehead atoms. The SMILES string of the molecule is CCC(=O)OC1CC(=O)OC(C)CCN(CCCCCc2ccccc2)CC(O)C(C)CC(CC(OC)OC)CC1OC. The van der Waals surface area contributed by atoms with E-state index in [1.54, 1.807) is 28.3 Å². The lowest BCUT2D eigenvalue weighted by molar-refractivity contribution is -0.166. The van der Waals surface area contributed by atoms with Crippen LogP contribution in [0.5, 0.6) is 0 Å². The lowest BCUT2D eigenvalue weighted by Gasteiger charge is -2.33. The molecule has 6 atom stereocenters. The summed E-state index contributed by atoms with van der Waals surface area (Å²) in [5.74, 6) is -0.789. The fourth-order valence-electron chi connectivity index (χ4n) is 5.85. The van der Waals surface area contributed by atoms with Crippen molar-refractivity contribution in [3.05, 3.63) is 35.9 Å². The summed E-state index contributed by atoms with van der Waals surface area (Å²) in [7, 11) is 4.78. The van der Waals surface area contributed by atoms with Gasteiger partial charge < -0.3 is 33.7 Å². The van der Waals surface area contributed by atoms with Crippen molar-refractivity contribution in [3.8, 4) is 0 Å². The average molecular weight is 608 g/mol. The molecule has 9 heteroatoms. The number of esters is 2. The van der Waals surface area contributed by atoms with Crippen LogP contribution in [0.15, 0.2) is 30.3 Å². The zero-order valence-electron chi connectivity index (χ0n) is 27.4. The highest BCUT2D eigenvalue weighted by atomic mass is 16.7. The number of benzene rings is 1. The number of nitrogens with zero attached hydrogens (tertiary/aromatic N) is 1. The predicted octanol–water partition coefficient (Wildman–Crippen LogP) is 5.17. The second kappa shape index (κ2) is 20.8. The van der Waals surface area contributed by atoms with Crippen molar-refractivity contribution in [3.63, 3.8) is 0 Å². The topological polar surface area (TPSA) is 104 Å². The Hall–Kier alpha value is -2.04. The number of carbonyl (C=O) groups is 2. The largest absolute Gasteiger partial charge is 0.463 e. The molecular weight excluding hydrogens is 550 g/mol. The number of aliphatic hydroxyl groups excluding tert-OH is 1. The van der Waals surface area contributed by atoms with Gasteiger partial charge >= 0.3 is 11.9 Å². The summed E-state index contributed by atoms with van der Waals surface area (Å²) < 4.78 is 28.3. The molecule has 9 nitrogen and oxygen atoms in total. The van der Waals surface area contributed by atoms with Gasteiger partial charge in [-0.15, -0.1) is 0 Å². The smallest absolute Gasteiger partial charge is 0.309 e. The molecule has 0 aliphatic carbocycles. The van der Waals surface area contributed by atoms with E-state index in [1.807, 2.05) is 13.0 Å². The van der Waals surface area contributed by atoms with E-state index in [1.165, 1.54) is 5.56 Å². The first kappa shape index (κ1) is 37.1. The Labute approximate surface area is 259 Å². The van der Waals surface area contributed by atoms with Crippen molar-refractivity contribution >= 4 is 11.9 Å². The van der Waals surface area contributed by atoms with Crippen LogP contribution < -0.4 is 0 Å². The van der Waals surface area contributed by atoms with Crippen LogP contribution in [-0.4, -0.2) is 93.6 Å². The number of aryl methyl sites for hydroxylation is 1. The Bertz CT molecular complexity index is 896. The van der Waals surface area contributed by atoms with Gasteiger partial charge in [0.25, 0.3) is 0 Å². The number of carbonyl (C=O) groups excluding carboxylic acids is 2. The normalized spacial score (nSPS) is 26.8. The van der Waals surface area contributed by atoms with Gasteiger partial charge in [0, 0.05) is 47.3 Å². The van der Waals surface area contributed by atoms with Crippen molar-refractivity contribution < 1.29 is 38.4 Å². The first-order valence-electron chi connectivity index (χ1n) is 16.1. The Morgan fingerprint density at radius 1 is 1.05 bits per heavy atom. The van der Waals surface area contributed by atoms with E-state index in [2.05, 4.69) is 36.1 Å². The van der Waals surface area contributed by atoms with Gasteiger partial charge in [0.15, 0.2) is 6.29 Å². The highest BCUT2D eigenvalue weighted by Crippen LogP contribution is 2.29. The Kier molecular flexibility index (Phi) is 18.0. The third-order valence-electron chi connectivity index (χ3n) is 8.55. The standard InChI is InChI=1S/C34H57NO8/c1-7-32(37)43-31-23-33(38)42-26(3)17-19-35(18-13-9-12-16-27-14-10-8-11-15-27)24-29(36)25(2)20-28(21-30(31)39-4)22-34(40-5)41-6/h8,10-11,14-15,25-26,28-31,34,36H,7,9,12-13,16-24H2,1-6H3. The average Bonchev–Trinajstić information content (AvgIpc) is 3.00. The van der Waals surface area contributed by atoms with Gasteiger partial charge in [-0.3, -0.25) is 9.59 Å². The van der Waals surface area contributed by atoms with Crippen LogP contribution in [0.25, 0.3) is 0 Å². The zero-order valence-corrected chi connectivity index (χ0v) is 27.4. The fraction of sp³-hybridized carbons (Fsp3) is 0.765. The molecule has 0 amide bonds. The summed E-state index contributed by atoms with van der Waals surface area (Å²) in [5.41, 5.74) is 1.36. The van der Waals surface area contributed by atoms with Crippen LogP contribution in [0.3, 0.4) is 0 Å². The molecule has 246 valence electrons. The first-order chi connectivity index (χ1) is 20.7. The van der Waals surface area contributed by atoms with E-state index < -0.39 is 36.5 Å². The zero-order chi connectivity index (χ0) is 31.6. The van der Waals surface area contributed by atoms with Crippen LogP contribution in [-0.2, 0) is 39.7 Å². The minimum atomic E-state index is -0.777. The van der Waals surface area contributed by atoms with Crippen LogP contribution >= 0.6 is 0 Å². The van der Waals surface area contributed by atoms with E-state index in [9.17, 15) is 14.7 Å². The molecule has 1 N–H and O–H groups in total. The Morgan fingerprint density at radius 2 is 1.77 bits per heavy atom. The van der Waals surface area contributed by atoms with E-state index in [0.29, 0.717) is 38.8 Å². The quantitative estimate of drug-likeness (QED) is 0.185. The molecule has 1 aromatic carbocycles. The summed E-state index contributed by atoms with van der Waals surface area (Å²) in [6, 6.07) is 10.5. The second-order valence-corrected chi connectivity index (χ2v) is 12.1. The number of methoxy groups -OCH3 is 3. The van der Waals surface area contributed by atoms with E-state index in [4.69, 9.17) is 23.7 Å². The molecule has 1 fully saturated rings. The molecule has 0 aromatic heterocycles. The molecule has 1 aromatic rings. The highest BCUT2D eigenvalue weighted by Gasteiger charge is 2.33. The van der Waals surface area contributed by atoms with Gasteiger partial charge in [0.05, 0.1) is 18.6 Å². The number of hydrogen-bond donors (Lipinski definition) is 1. The van der Waals surface area contributed by atoms with E-state index in [0.717, 1.165) is 32.2 Å². The Morgan fingerprint density at radius 3 is 2.42 bits per heavy atom. The van der Waals surface area contributed by atoms with Crippen molar-refractivity contribution in [2.45, 2.75) is 116 Å². The van der Waals surface area contributed by atoms with Crippen molar-refractivity contribution in [1.29, 1.82) is 0 Å². The Balaban J connectivity index is 2.18. The van der Waals surface area contributed by atoms with Crippen LogP contribution in [0.1, 0.15) is 84.1 Å². The molecule has 0 saturated carbocycles. The summed E-state index contributed by atoms with van der Waals surface area (Å²) in [5, 5.41) is 11.4. The summed E-state index contributed by atoms with van der Waals surface area (Å²) >= 11 is 0. The molecule has 1 aliphatic heterocycles. The lowest BCUT2D eigenvalue weighted by Crippen LogP contribution is -2.39. The molecular formula is C34H57NO8. The van der Waals surface area contributed by atoms with Crippen molar-refractivity contribution in [1.82, 2.24) is 4.90 Å². The molecule has 1 saturated heterocycles. The predicted molar refractivity (Wildman–Crippen MR) is 167 cm³/mol. The number of rotatable bonds is 13. The number of β-amino-alcohol motifs (C(OH)–C–C–N with tert-alkyl or cyclic N) is 1. The minimum Gasteiger partial charge on any atom is -0.463 e. The van der Waals surface area contributed by atoms with Gasteiger partial charge in [0.1, 0.15) is 12.2 Å². The van der Waals surface area contributed by atoms with Crippen molar-refractivity contribution in [2.75, 3.05) is 41.0 Å². The summed E-state index contributed by atoms with van der Waals surface area (Å²) in [6.07, 6.45) is 4.30. The fourth-order valence-corrected chi connectivity index (χ4v) is 5.85. The maximum atomic E-state index is 13.0. The maximum absolute atomic E-state index is 13.0. The highest BCUT2D eigenvalue weighted by molar-refractivity contribution is 5.72. The van der Waals surface area contributed by atoms with Gasteiger partial charge in [0.2, 0.25) is 0 Å². The summed E-state index contributed by atoms with van der Waals surface area (Å²) in [4.78, 5) is 27.6. The van der Waals surface area contributed by atoms with E-state index in [-0.39, 0.29) is 30.8 Å². The molecule has 1 aliphatic rings. The lowest BCUT2D eigenvalue weighted by atomic mass is 9.84. The molecule has 0 radical (unpaired) electrons. The monoisotopic (exact) mass is 607 g/mol. The van der Waals surface area contributed by atoms with Crippen LogP contribution in [0, 0.1) is 11.8 Å². The molecule has 43 heavy (non-hydrogen) atoms. The van der Waals surface area contributed by atoms with Gasteiger partial charge in [-0.25, -0.2) is 0 Å². The number of unbranched alkanes of at least 4 members (excludes halogenated alkanes) is 2. The van der Waals surface area contributed by atoms with Gasteiger partial charge in [-0.1, -0.05) is 50.6 Å².